The Morgan fingerprint density at radius 3 is 2.59 bits per heavy atom. The van der Waals surface area contributed by atoms with E-state index in [1.807, 2.05) is 42.2 Å². The fourth-order valence-electron chi connectivity index (χ4n) is 1.87. The number of rotatable bonds is 4. The molecule has 4 heteroatoms. The summed E-state index contributed by atoms with van der Waals surface area (Å²) in [6.45, 7) is 0.634. The Labute approximate surface area is 101 Å². The first kappa shape index (κ1) is 11.7. The number of ether oxygens (including phenoxy) is 1. The van der Waals surface area contributed by atoms with Gasteiger partial charge in [0.2, 0.25) is 0 Å². The van der Waals surface area contributed by atoms with E-state index >= 15 is 0 Å². The highest BCUT2D eigenvalue weighted by Crippen LogP contribution is 2.24. The summed E-state index contributed by atoms with van der Waals surface area (Å²) in [6.07, 6.45) is 2.86. The Balaban J connectivity index is 2.37. The maximum atomic E-state index is 5.61. The van der Waals surface area contributed by atoms with Crippen LogP contribution in [0, 0.1) is 0 Å². The van der Waals surface area contributed by atoms with Crippen molar-refractivity contribution >= 4 is 0 Å². The average Bonchev–Trinajstić information content (AvgIpc) is 2.71. The molecule has 17 heavy (non-hydrogen) atoms. The molecule has 90 valence electrons. The van der Waals surface area contributed by atoms with Gasteiger partial charge in [-0.05, 0) is 42.8 Å². The number of aryl methyl sites for hydroxylation is 1. The van der Waals surface area contributed by atoms with Gasteiger partial charge in [0.15, 0.2) is 0 Å². The minimum absolute atomic E-state index is 0.634. The lowest BCUT2D eigenvalue weighted by Crippen LogP contribution is -2.02. The van der Waals surface area contributed by atoms with Crippen molar-refractivity contribution in [2.45, 2.75) is 6.42 Å². The van der Waals surface area contributed by atoms with Crippen molar-refractivity contribution in [1.29, 1.82) is 0 Å². The van der Waals surface area contributed by atoms with Gasteiger partial charge >= 0.3 is 0 Å². The van der Waals surface area contributed by atoms with E-state index in [1.165, 1.54) is 5.56 Å². The molecule has 2 N–H and O–H groups in total. The summed E-state index contributed by atoms with van der Waals surface area (Å²) in [6, 6.07) is 7.91. The zero-order valence-corrected chi connectivity index (χ0v) is 10.2. The molecule has 0 saturated heterocycles. The van der Waals surface area contributed by atoms with Crippen molar-refractivity contribution in [3.8, 4) is 17.0 Å². The van der Waals surface area contributed by atoms with Gasteiger partial charge in [0.05, 0.1) is 12.8 Å². The summed E-state index contributed by atoms with van der Waals surface area (Å²) in [4.78, 5) is 0. The highest BCUT2D eigenvalue weighted by molar-refractivity contribution is 5.63. The fourth-order valence-corrected chi connectivity index (χ4v) is 1.87. The van der Waals surface area contributed by atoms with Crippen LogP contribution >= 0.6 is 0 Å². The molecule has 2 aromatic rings. The highest BCUT2D eigenvalue weighted by atomic mass is 16.5. The second-order valence-electron chi connectivity index (χ2n) is 3.94. The van der Waals surface area contributed by atoms with Crippen molar-refractivity contribution in [3.63, 3.8) is 0 Å². The SMILES string of the molecule is COc1ccc(-c2nn(C)cc2CCN)cc1. The fraction of sp³-hybridized carbons (Fsp3) is 0.308. The number of benzene rings is 1. The molecule has 0 fully saturated rings. The normalized spacial score (nSPS) is 10.5. The molecule has 0 saturated carbocycles. The molecule has 1 aromatic carbocycles. The third-order valence-electron chi connectivity index (χ3n) is 2.68. The largest absolute Gasteiger partial charge is 0.497 e. The molecule has 0 bridgehead atoms. The Morgan fingerprint density at radius 2 is 2.00 bits per heavy atom. The summed E-state index contributed by atoms with van der Waals surface area (Å²) < 4.78 is 6.97. The third kappa shape index (κ3) is 2.47. The van der Waals surface area contributed by atoms with E-state index in [-0.39, 0.29) is 0 Å². The van der Waals surface area contributed by atoms with Crippen LogP contribution in [0.2, 0.25) is 0 Å². The molecule has 0 radical (unpaired) electrons. The number of methoxy groups -OCH3 is 1. The summed E-state index contributed by atoms with van der Waals surface area (Å²) in [7, 11) is 3.59. The Hall–Kier alpha value is -1.81. The van der Waals surface area contributed by atoms with Gasteiger partial charge in [0.25, 0.3) is 0 Å². The number of hydrogen-bond acceptors (Lipinski definition) is 3. The first-order chi connectivity index (χ1) is 8.24. The van der Waals surface area contributed by atoms with Crippen LogP contribution in [-0.2, 0) is 13.5 Å². The van der Waals surface area contributed by atoms with Crippen molar-refractivity contribution in [2.24, 2.45) is 12.8 Å². The molecule has 1 heterocycles. The van der Waals surface area contributed by atoms with E-state index in [2.05, 4.69) is 5.10 Å². The minimum Gasteiger partial charge on any atom is -0.497 e. The molecular weight excluding hydrogens is 214 g/mol. The van der Waals surface area contributed by atoms with Crippen molar-refractivity contribution in [3.05, 3.63) is 36.0 Å². The van der Waals surface area contributed by atoms with E-state index in [0.717, 1.165) is 23.4 Å². The molecule has 1 aromatic heterocycles. The molecule has 0 amide bonds. The maximum Gasteiger partial charge on any atom is 0.118 e. The molecule has 0 spiro atoms. The number of nitrogens with zero attached hydrogens (tertiary/aromatic N) is 2. The monoisotopic (exact) mass is 231 g/mol. The maximum absolute atomic E-state index is 5.61. The van der Waals surface area contributed by atoms with Crippen LogP contribution in [0.1, 0.15) is 5.56 Å². The lowest BCUT2D eigenvalue weighted by molar-refractivity contribution is 0.415. The van der Waals surface area contributed by atoms with E-state index < -0.39 is 0 Å². The Morgan fingerprint density at radius 1 is 1.29 bits per heavy atom. The molecule has 0 unspecified atom stereocenters. The molecular formula is C13H17N3O. The average molecular weight is 231 g/mol. The predicted molar refractivity (Wildman–Crippen MR) is 68.0 cm³/mol. The standard InChI is InChI=1S/C13H17N3O/c1-16-9-11(7-8-14)13(15-16)10-3-5-12(17-2)6-4-10/h3-6,9H,7-8,14H2,1-2H3. The number of nitrogens with two attached hydrogens (primary N) is 1. The Kier molecular flexibility index (Phi) is 3.44. The van der Waals surface area contributed by atoms with E-state index in [4.69, 9.17) is 10.5 Å². The van der Waals surface area contributed by atoms with Crippen molar-refractivity contribution in [1.82, 2.24) is 9.78 Å². The smallest absolute Gasteiger partial charge is 0.118 e. The van der Waals surface area contributed by atoms with Gasteiger partial charge in [-0.3, -0.25) is 4.68 Å². The van der Waals surface area contributed by atoms with E-state index in [9.17, 15) is 0 Å². The topological polar surface area (TPSA) is 53.1 Å². The summed E-state index contributed by atoms with van der Waals surface area (Å²) in [5, 5.41) is 4.48. The van der Waals surface area contributed by atoms with E-state index in [0.29, 0.717) is 6.54 Å². The highest BCUT2D eigenvalue weighted by Gasteiger charge is 2.09. The van der Waals surface area contributed by atoms with Crippen LogP contribution in [0.25, 0.3) is 11.3 Å². The van der Waals surface area contributed by atoms with Crippen LogP contribution in [0.3, 0.4) is 0 Å². The quantitative estimate of drug-likeness (QED) is 0.869. The van der Waals surface area contributed by atoms with Gasteiger partial charge in [-0.15, -0.1) is 0 Å². The van der Waals surface area contributed by atoms with Gasteiger partial charge in [0.1, 0.15) is 5.75 Å². The summed E-state index contributed by atoms with van der Waals surface area (Å²) in [5.41, 5.74) is 8.88. The predicted octanol–water partition coefficient (Wildman–Crippen LogP) is 1.60. The summed E-state index contributed by atoms with van der Waals surface area (Å²) in [5.74, 6) is 0.852. The molecule has 0 aliphatic carbocycles. The minimum atomic E-state index is 0.634. The van der Waals surface area contributed by atoms with Gasteiger partial charge in [0, 0.05) is 18.8 Å². The first-order valence-electron chi connectivity index (χ1n) is 5.61. The molecule has 0 aliphatic heterocycles. The molecule has 0 atom stereocenters. The summed E-state index contributed by atoms with van der Waals surface area (Å²) >= 11 is 0. The van der Waals surface area contributed by atoms with Crippen LogP contribution < -0.4 is 10.5 Å². The lowest BCUT2D eigenvalue weighted by atomic mass is 10.1. The number of hydrogen-bond donors (Lipinski definition) is 1. The van der Waals surface area contributed by atoms with Crippen molar-refractivity contribution < 1.29 is 4.74 Å². The van der Waals surface area contributed by atoms with Gasteiger partial charge < -0.3 is 10.5 Å². The zero-order valence-electron chi connectivity index (χ0n) is 10.2. The van der Waals surface area contributed by atoms with Crippen LogP contribution in [-0.4, -0.2) is 23.4 Å². The molecule has 0 aliphatic rings. The zero-order chi connectivity index (χ0) is 12.3. The second kappa shape index (κ2) is 5.01. The van der Waals surface area contributed by atoms with Gasteiger partial charge in [-0.25, -0.2) is 0 Å². The third-order valence-corrected chi connectivity index (χ3v) is 2.68. The lowest BCUT2D eigenvalue weighted by Gasteiger charge is -2.03. The van der Waals surface area contributed by atoms with Crippen LogP contribution in [0.15, 0.2) is 30.5 Å². The molecule has 2 rings (SSSR count). The van der Waals surface area contributed by atoms with Crippen LogP contribution in [0.5, 0.6) is 5.75 Å². The van der Waals surface area contributed by atoms with Crippen molar-refractivity contribution in [2.75, 3.05) is 13.7 Å². The van der Waals surface area contributed by atoms with Crippen LogP contribution in [0.4, 0.5) is 0 Å². The van der Waals surface area contributed by atoms with Gasteiger partial charge in [-0.1, -0.05) is 0 Å². The molecule has 4 nitrogen and oxygen atoms in total. The first-order valence-corrected chi connectivity index (χ1v) is 5.61. The van der Waals surface area contributed by atoms with E-state index in [1.54, 1.807) is 7.11 Å². The van der Waals surface area contributed by atoms with Gasteiger partial charge in [-0.2, -0.15) is 5.10 Å². The second-order valence-corrected chi connectivity index (χ2v) is 3.94. The Bertz CT molecular complexity index is 488. The number of aromatic nitrogens is 2.